The van der Waals surface area contributed by atoms with Gasteiger partial charge in [0.15, 0.2) is 5.92 Å². The monoisotopic (exact) mass is 297 g/mol. The number of benzene rings is 2. The normalized spacial score (nSPS) is 11.5. The maximum Gasteiger partial charge on any atom is 0.320 e. The van der Waals surface area contributed by atoms with Crippen LogP contribution in [0.3, 0.4) is 0 Å². The minimum absolute atomic E-state index is 0.0782. The predicted octanol–water partition coefficient (Wildman–Crippen LogP) is 1.78. The Kier molecular flexibility index (Phi) is 4.53. The first kappa shape index (κ1) is 15.2. The molecule has 1 atom stereocenters. The van der Waals surface area contributed by atoms with Gasteiger partial charge in [-0.3, -0.25) is 15.0 Å². The zero-order valence-electron chi connectivity index (χ0n) is 11.6. The standard InChI is InChI=1S/C16H15N3O3/c17-14(18)11-6-8-12(9-7-11)19-15(20)13(16(21)22)10-4-2-1-3-5-10/h1-9,13H,(H3,17,18)(H,19,20)(H,21,22). The van der Waals surface area contributed by atoms with Crippen molar-refractivity contribution in [3.63, 3.8) is 0 Å². The van der Waals surface area contributed by atoms with Crippen molar-refractivity contribution in [1.29, 1.82) is 5.41 Å². The SMILES string of the molecule is N=C(N)c1ccc(NC(=O)C(C(=O)O)c2ccccc2)cc1. The number of carbonyl (C=O) groups is 2. The summed E-state index contributed by atoms with van der Waals surface area (Å²) in [6, 6.07) is 14.6. The zero-order chi connectivity index (χ0) is 16.1. The third kappa shape index (κ3) is 3.49. The number of carbonyl (C=O) groups excluding carboxylic acids is 1. The molecule has 2 rings (SSSR count). The molecule has 0 saturated heterocycles. The number of anilines is 1. The van der Waals surface area contributed by atoms with E-state index >= 15 is 0 Å². The number of amidine groups is 1. The summed E-state index contributed by atoms with van der Waals surface area (Å²) < 4.78 is 0. The summed E-state index contributed by atoms with van der Waals surface area (Å²) in [5, 5.41) is 19.1. The number of rotatable bonds is 5. The van der Waals surface area contributed by atoms with Crippen LogP contribution < -0.4 is 11.1 Å². The molecule has 0 aliphatic heterocycles. The first-order chi connectivity index (χ1) is 10.5. The van der Waals surface area contributed by atoms with Gasteiger partial charge >= 0.3 is 5.97 Å². The van der Waals surface area contributed by atoms with Gasteiger partial charge in [-0.05, 0) is 29.8 Å². The summed E-state index contributed by atoms with van der Waals surface area (Å²) in [5.41, 5.74) is 6.72. The average Bonchev–Trinajstić information content (AvgIpc) is 2.48. The van der Waals surface area contributed by atoms with Crippen LogP contribution in [0.1, 0.15) is 17.0 Å². The van der Waals surface area contributed by atoms with E-state index in [4.69, 9.17) is 11.1 Å². The number of nitrogens with one attached hydrogen (secondary N) is 2. The van der Waals surface area contributed by atoms with Gasteiger partial charge in [0.2, 0.25) is 5.91 Å². The second kappa shape index (κ2) is 6.53. The van der Waals surface area contributed by atoms with Crippen LogP contribution in [0.15, 0.2) is 54.6 Å². The van der Waals surface area contributed by atoms with E-state index < -0.39 is 17.8 Å². The lowest BCUT2D eigenvalue weighted by molar-refractivity contribution is -0.141. The van der Waals surface area contributed by atoms with Gasteiger partial charge in [0, 0.05) is 11.3 Å². The van der Waals surface area contributed by atoms with Crippen LogP contribution in [0.5, 0.6) is 0 Å². The van der Waals surface area contributed by atoms with Crippen LogP contribution in [0.4, 0.5) is 5.69 Å². The van der Waals surface area contributed by atoms with Gasteiger partial charge in [0.05, 0.1) is 0 Å². The average molecular weight is 297 g/mol. The maximum absolute atomic E-state index is 12.2. The molecule has 0 fully saturated rings. The number of hydrogen-bond acceptors (Lipinski definition) is 3. The van der Waals surface area contributed by atoms with Crippen molar-refractivity contribution in [2.45, 2.75) is 5.92 Å². The van der Waals surface area contributed by atoms with Gasteiger partial charge < -0.3 is 16.2 Å². The Labute approximate surface area is 127 Å². The van der Waals surface area contributed by atoms with Crippen LogP contribution in [0.2, 0.25) is 0 Å². The summed E-state index contributed by atoms with van der Waals surface area (Å²) in [5.74, 6) is -3.21. The fourth-order valence-corrected chi connectivity index (χ4v) is 2.00. The number of hydrogen-bond donors (Lipinski definition) is 4. The third-order valence-corrected chi connectivity index (χ3v) is 3.11. The van der Waals surface area contributed by atoms with Crippen molar-refractivity contribution >= 4 is 23.4 Å². The molecule has 0 radical (unpaired) electrons. The van der Waals surface area contributed by atoms with Gasteiger partial charge in [-0.25, -0.2) is 0 Å². The lowest BCUT2D eigenvalue weighted by Crippen LogP contribution is -2.27. The highest BCUT2D eigenvalue weighted by Crippen LogP contribution is 2.19. The second-order valence-electron chi connectivity index (χ2n) is 4.66. The molecule has 0 saturated carbocycles. The minimum atomic E-state index is -1.28. The minimum Gasteiger partial charge on any atom is -0.480 e. The van der Waals surface area contributed by atoms with Crippen molar-refractivity contribution in [2.24, 2.45) is 5.73 Å². The Balaban J connectivity index is 2.18. The largest absolute Gasteiger partial charge is 0.480 e. The number of carboxylic acid groups (broad SMARTS) is 1. The number of carboxylic acids is 1. The van der Waals surface area contributed by atoms with Crippen molar-refractivity contribution < 1.29 is 14.7 Å². The summed E-state index contributed by atoms with van der Waals surface area (Å²) >= 11 is 0. The Bertz CT molecular complexity index is 696. The van der Waals surface area contributed by atoms with Crippen LogP contribution in [0.25, 0.3) is 0 Å². The highest BCUT2D eigenvalue weighted by Gasteiger charge is 2.28. The summed E-state index contributed by atoms with van der Waals surface area (Å²) in [6.07, 6.45) is 0. The predicted molar refractivity (Wildman–Crippen MR) is 82.9 cm³/mol. The molecule has 1 amide bonds. The summed E-state index contributed by atoms with van der Waals surface area (Å²) in [6.45, 7) is 0. The van der Waals surface area contributed by atoms with Crippen LogP contribution in [0, 0.1) is 5.41 Å². The summed E-state index contributed by atoms with van der Waals surface area (Å²) in [7, 11) is 0. The number of amides is 1. The first-order valence-corrected chi connectivity index (χ1v) is 6.52. The lowest BCUT2D eigenvalue weighted by Gasteiger charge is -2.13. The molecule has 6 nitrogen and oxygen atoms in total. The van der Waals surface area contributed by atoms with E-state index in [9.17, 15) is 14.7 Å². The fourth-order valence-electron chi connectivity index (χ4n) is 2.00. The summed E-state index contributed by atoms with van der Waals surface area (Å²) in [4.78, 5) is 23.6. The molecule has 5 N–H and O–H groups in total. The molecule has 0 spiro atoms. The van der Waals surface area contributed by atoms with Crippen molar-refractivity contribution in [1.82, 2.24) is 0 Å². The molecule has 0 aliphatic rings. The molecule has 0 bridgehead atoms. The molecule has 0 aromatic heterocycles. The Morgan fingerprint density at radius 2 is 1.64 bits per heavy atom. The van der Waals surface area contributed by atoms with Gasteiger partial charge in [0.1, 0.15) is 5.84 Å². The number of nitrogens with two attached hydrogens (primary N) is 1. The molecule has 6 heteroatoms. The third-order valence-electron chi connectivity index (χ3n) is 3.11. The van der Waals surface area contributed by atoms with E-state index in [2.05, 4.69) is 5.32 Å². The zero-order valence-corrected chi connectivity index (χ0v) is 11.6. The van der Waals surface area contributed by atoms with E-state index in [1.807, 2.05) is 0 Å². The first-order valence-electron chi connectivity index (χ1n) is 6.52. The van der Waals surface area contributed by atoms with Crippen molar-refractivity contribution in [3.8, 4) is 0 Å². The molecular formula is C16H15N3O3. The smallest absolute Gasteiger partial charge is 0.320 e. The molecule has 2 aromatic carbocycles. The molecule has 2 aromatic rings. The quantitative estimate of drug-likeness (QED) is 0.382. The van der Waals surface area contributed by atoms with E-state index in [0.29, 0.717) is 16.8 Å². The molecule has 1 unspecified atom stereocenters. The van der Waals surface area contributed by atoms with Crippen molar-refractivity contribution in [2.75, 3.05) is 5.32 Å². The van der Waals surface area contributed by atoms with Gasteiger partial charge in [-0.1, -0.05) is 30.3 Å². The Hall–Kier alpha value is -3.15. The molecule has 22 heavy (non-hydrogen) atoms. The molecule has 0 heterocycles. The Morgan fingerprint density at radius 3 is 2.14 bits per heavy atom. The molecular weight excluding hydrogens is 282 g/mol. The van der Waals surface area contributed by atoms with E-state index in [1.165, 1.54) is 0 Å². The highest BCUT2D eigenvalue weighted by atomic mass is 16.4. The molecule has 0 aliphatic carbocycles. The van der Waals surface area contributed by atoms with Gasteiger partial charge in [-0.2, -0.15) is 0 Å². The Morgan fingerprint density at radius 1 is 1.05 bits per heavy atom. The van der Waals surface area contributed by atoms with E-state index in [-0.39, 0.29) is 5.84 Å². The van der Waals surface area contributed by atoms with E-state index in [0.717, 1.165) is 0 Å². The second-order valence-corrected chi connectivity index (χ2v) is 4.66. The van der Waals surface area contributed by atoms with Crippen LogP contribution >= 0.6 is 0 Å². The lowest BCUT2D eigenvalue weighted by atomic mass is 9.98. The maximum atomic E-state index is 12.2. The van der Waals surface area contributed by atoms with Crippen LogP contribution in [-0.2, 0) is 9.59 Å². The van der Waals surface area contributed by atoms with Crippen molar-refractivity contribution in [3.05, 3.63) is 65.7 Å². The molecule has 112 valence electrons. The fraction of sp³-hybridized carbons (Fsp3) is 0.0625. The number of aliphatic carboxylic acids is 1. The topological polar surface area (TPSA) is 116 Å². The van der Waals surface area contributed by atoms with Crippen LogP contribution in [-0.4, -0.2) is 22.8 Å². The van der Waals surface area contributed by atoms with E-state index in [1.54, 1.807) is 54.6 Å². The number of nitrogen functional groups attached to an aromatic ring is 1. The highest BCUT2D eigenvalue weighted by molar-refractivity contribution is 6.09. The van der Waals surface area contributed by atoms with Gasteiger partial charge in [-0.15, -0.1) is 0 Å². The van der Waals surface area contributed by atoms with Gasteiger partial charge in [0.25, 0.3) is 0 Å².